The maximum Gasteiger partial charge on any atom is 0.289 e. The second-order valence-corrected chi connectivity index (χ2v) is 7.93. The molecule has 3 rings (SSSR count). The number of fused-ring (bicyclic) bond motifs is 1. The van der Waals surface area contributed by atoms with Gasteiger partial charge < -0.3 is 15.1 Å². The van der Waals surface area contributed by atoms with Gasteiger partial charge >= 0.3 is 0 Å². The largest absolute Gasteiger partial charge is 0.362 e. The first kappa shape index (κ1) is 19.0. The molecular formula is C18H28N6OS. The molecule has 0 radical (unpaired) electrons. The monoisotopic (exact) mass is 376 g/mol. The number of aryl methyl sites for hydroxylation is 1. The Bertz CT molecular complexity index is 766. The number of rotatable bonds is 6. The highest BCUT2D eigenvalue weighted by Gasteiger charge is 2.18. The number of piperazine rings is 1. The Morgan fingerprint density at radius 2 is 1.92 bits per heavy atom. The Kier molecular flexibility index (Phi) is 6.05. The minimum absolute atomic E-state index is 0.203. The van der Waals surface area contributed by atoms with Crippen LogP contribution in [0.5, 0.6) is 0 Å². The van der Waals surface area contributed by atoms with Crippen molar-refractivity contribution in [3.05, 3.63) is 16.1 Å². The van der Waals surface area contributed by atoms with Gasteiger partial charge in [-0.1, -0.05) is 6.92 Å². The van der Waals surface area contributed by atoms with Gasteiger partial charge in [0.05, 0.1) is 10.9 Å². The summed E-state index contributed by atoms with van der Waals surface area (Å²) in [5, 5.41) is 6.00. The van der Waals surface area contributed by atoms with Crippen LogP contribution < -0.4 is 10.2 Å². The van der Waals surface area contributed by atoms with Gasteiger partial charge in [0.15, 0.2) is 0 Å². The molecule has 2 aromatic rings. The number of nitrogens with zero attached hydrogens (tertiary/aromatic N) is 5. The average molecular weight is 377 g/mol. The van der Waals surface area contributed by atoms with E-state index in [4.69, 9.17) is 0 Å². The van der Waals surface area contributed by atoms with Gasteiger partial charge in [0.1, 0.15) is 5.82 Å². The summed E-state index contributed by atoms with van der Waals surface area (Å²) in [5.74, 6) is 0.843. The zero-order chi connectivity index (χ0) is 18.7. The van der Waals surface area contributed by atoms with E-state index in [1.165, 1.54) is 4.88 Å². The Balaban J connectivity index is 1.61. The highest BCUT2D eigenvalue weighted by atomic mass is 32.1. The van der Waals surface area contributed by atoms with E-state index in [-0.39, 0.29) is 11.7 Å². The van der Waals surface area contributed by atoms with E-state index >= 15 is 0 Å². The minimum Gasteiger partial charge on any atom is -0.362 e. The molecule has 142 valence electrons. The van der Waals surface area contributed by atoms with Gasteiger partial charge in [-0.2, -0.15) is 0 Å². The third-order valence-corrected chi connectivity index (χ3v) is 5.77. The number of aromatic nitrogens is 2. The van der Waals surface area contributed by atoms with Crippen LogP contribution in [0, 0.1) is 6.92 Å². The van der Waals surface area contributed by atoms with Crippen LogP contribution in [0.2, 0.25) is 0 Å². The standard InChI is InChI=1S/C18H28N6OS/c1-5-23-8-10-24(11-9-23)7-6-19-18(25)16-20-14-12-26-13(2)15(14)17(21-16)22(3)4/h12H,5-11H2,1-4H3,(H,19,25). The lowest BCUT2D eigenvalue weighted by Crippen LogP contribution is -2.48. The van der Waals surface area contributed by atoms with E-state index in [0.717, 1.165) is 56.0 Å². The fraction of sp³-hybridized carbons (Fsp3) is 0.611. The molecule has 1 N–H and O–H groups in total. The molecule has 0 aromatic carbocycles. The number of carbonyl (C=O) groups is 1. The van der Waals surface area contributed by atoms with Gasteiger partial charge in [0.2, 0.25) is 5.82 Å². The van der Waals surface area contributed by atoms with Crippen LogP contribution in [0.4, 0.5) is 5.82 Å². The molecule has 1 aliphatic rings. The predicted molar refractivity (Wildman–Crippen MR) is 107 cm³/mol. The molecule has 0 spiro atoms. The predicted octanol–water partition coefficient (Wildman–Crippen LogP) is 1.43. The van der Waals surface area contributed by atoms with Crippen molar-refractivity contribution in [2.45, 2.75) is 13.8 Å². The second-order valence-electron chi connectivity index (χ2n) is 6.85. The second kappa shape index (κ2) is 8.28. The SMILES string of the molecule is CCN1CCN(CCNC(=O)c2nc(N(C)C)c3c(C)scc3n2)CC1. The summed E-state index contributed by atoms with van der Waals surface area (Å²) in [7, 11) is 3.88. The van der Waals surface area contributed by atoms with Crippen LogP contribution in [-0.2, 0) is 0 Å². The molecular weight excluding hydrogens is 348 g/mol. The van der Waals surface area contributed by atoms with Crippen molar-refractivity contribution in [3.8, 4) is 0 Å². The smallest absolute Gasteiger partial charge is 0.289 e. The van der Waals surface area contributed by atoms with Crippen LogP contribution in [0.1, 0.15) is 22.4 Å². The van der Waals surface area contributed by atoms with E-state index in [9.17, 15) is 4.79 Å². The third kappa shape index (κ3) is 4.13. The minimum atomic E-state index is -0.203. The van der Waals surface area contributed by atoms with Crippen molar-refractivity contribution >= 4 is 34.0 Å². The fourth-order valence-electron chi connectivity index (χ4n) is 3.25. The Hall–Kier alpha value is -1.77. The molecule has 0 bridgehead atoms. The van der Waals surface area contributed by atoms with Crippen LogP contribution in [0.15, 0.2) is 5.38 Å². The fourth-order valence-corrected chi connectivity index (χ4v) is 4.03. The zero-order valence-corrected chi connectivity index (χ0v) is 16.9. The van der Waals surface area contributed by atoms with Crippen molar-refractivity contribution in [1.82, 2.24) is 25.1 Å². The zero-order valence-electron chi connectivity index (χ0n) is 16.1. The molecule has 0 saturated carbocycles. The first-order valence-electron chi connectivity index (χ1n) is 9.15. The van der Waals surface area contributed by atoms with Crippen LogP contribution in [0.3, 0.4) is 0 Å². The molecule has 8 heteroatoms. The van der Waals surface area contributed by atoms with Gasteiger partial charge in [0.25, 0.3) is 5.91 Å². The Morgan fingerprint density at radius 3 is 2.58 bits per heavy atom. The summed E-state index contributed by atoms with van der Waals surface area (Å²) in [6.45, 7) is 11.2. The first-order chi connectivity index (χ1) is 12.5. The molecule has 1 aliphatic heterocycles. The maximum atomic E-state index is 12.5. The number of hydrogen-bond donors (Lipinski definition) is 1. The Labute approximate surface area is 159 Å². The number of amides is 1. The molecule has 7 nitrogen and oxygen atoms in total. The summed E-state index contributed by atoms with van der Waals surface area (Å²) in [6, 6.07) is 0. The Morgan fingerprint density at radius 1 is 1.23 bits per heavy atom. The topological polar surface area (TPSA) is 64.6 Å². The summed E-state index contributed by atoms with van der Waals surface area (Å²) < 4.78 is 0. The lowest BCUT2D eigenvalue weighted by molar-refractivity contribution is 0.0928. The van der Waals surface area contributed by atoms with Gasteiger partial charge in [-0.15, -0.1) is 11.3 Å². The van der Waals surface area contributed by atoms with Gasteiger partial charge in [0, 0.05) is 63.6 Å². The number of likely N-dealkylation sites (N-methyl/N-ethyl adjacent to an activating group) is 1. The van der Waals surface area contributed by atoms with E-state index in [1.807, 2.05) is 24.4 Å². The quantitative estimate of drug-likeness (QED) is 0.823. The molecule has 0 aliphatic carbocycles. The van der Waals surface area contributed by atoms with E-state index in [0.29, 0.717) is 6.54 Å². The van der Waals surface area contributed by atoms with Crippen molar-refractivity contribution in [1.29, 1.82) is 0 Å². The van der Waals surface area contributed by atoms with E-state index < -0.39 is 0 Å². The van der Waals surface area contributed by atoms with Crippen LogP contribution in [-0.4, -0.2) is 85.6 Å². The number of thiophene rings is 1. The summed E-state index contributed by atoms with van der Waals surface area (Å²) in [6.07, 6.45) is 0. The highest BCUT2D eigenvalue weighted by Crippen LogP contribution is 2.30. The molecule has 1 saturated heterocycles. The highest BCUT2D eigenvalue weighted by molar-refractivity contribution is 7.11. The van der Waals surface area contributed by atoms with Crippen molar-refractivity contribution in [2.24, 2.45) is 0 Å². The summed E-state index contributed by atoms with van der Waals surface area (Å²) in [5.41, 5.74) is 0.840. The molecule has 2 aromatic heterocycles. The van der Waals surface area contributed by atoms with E-state index in [1.54, 1.807) is 11.3 Å². The van der Waals surface area contributed by atoms with Crippen LogP contribution >= 0.6 is 11.3 Å². The lowest BCUT2D eigenvalue weighted by Gasteiger charge is -2.33. The molecule has 0 atom stereocenters. The number of anilines is 1. The van der Waals surface area contributed by atoms with Gasteiger partial charge in [-0.05, 0) is 13.5 Å². The molecule has 0 unspecified atom stereocenters. The number of carbonyl (C=O) groups excluding carboxylic acids is 1. The average Bonchev–Trinajstić information content (AvgIpc) is 3.02. The number of nitrogens with one attached hydrogen (secondary N) is 1. The first-order valence-corrected chi connectivity index (χ1v) is 10.0. The maximum absolute atomic E-state index is 12.5. The van der Waals surface area contributed by atoms with Gasteiger partial charge in [-0.25, -0.2) is 9.97 Å². The molecule has 26 heavy (non-hydrogen) atoms. The van der Waals surface area contributed by atoms with Crippen molar-refractivity contribution < 1.29 is 4.79 Å². The number of hydrogen-bond acceptors (Lipinski definition) is 7. The van der Waals surface area contributed by atoms with E-state index in [2.05, 4.69) is 38.9 Å². The van der Waals surface area contributed by atoms with Crippen molar-refractivity contribution in [2.75, 3.05) is 64.8 Å². The third-order valence-electron chi connectivity index (χ3n) is 4.87. The molecule has 1 fully saturated rings. The van der Waals surface area contributed by atoms with Crippen LogP contribution in [0.25, 0.3) is 10.9 Å². The summed E-state index contributed by atoms with van der Waals surface area (Å²) >= 11 is 1.64. The van der Waals surface area contributed by atoms with Gasteiger partial charge in [-0.3, -0.25) is 9.69 Å². The summed E-state index contributed by atoms with van der Waals surface area (Å²) in [4.78, 5) is 29.5. The lowest BCUT2D eigenvalue weighted by atomic mass is 10.2. The molecule has 3 heterocycles. The van der Waals surface area contributed by atoms with Crippen molar-refractivity contribution in [3.63, 3.8) is 0 Å². The molecule has 1 amide bonds. The normalized spacial score (nSPS) is 16.2.